The van der Waals surface area contributed by atoms with Crippen LogP contribution in [0.2, 0.25) is 0 Å². The van der Waals surface area contributed by atoms with Crippen molar-refractivity contribution in [3.05, 3.63) is 28.2 Å². The molecular formula is C15H23BrN2O. The molecule has 1 aromatic carbocycles. The maximum Gasteiger partial charge on any atom is 0.0746 e. The first-order valence-corrected chi connectivity index (χ1v) is 7.69. The SMILES string of the molecule is CNC(C)c1ccc(Br)cc1N1CCCC(OC)C1. The van der Waals surface area contributed by atoms with E-state index in [4.69, 9.17) is 4.74 Å². The third-order valence-electron chi connectivity index (χ3n) is 3.94. The molecule has 3 nitrogen and oxygen atoms in total. The van der Waals surface area contributed by atoms with Gasteiger partial charge in [0.15, 0.2) is 0 Å². The molecule has 4 heteroatoms. The first-order chi connectivity index (χ1) is 9.15. The predicted molar refractivity (Wildman–Crippen MR) is 83.9 cm³/mol. The van der Waals surface area contributed by atoms with Crippen molar-refractivity contribution >= 4 is 21.6 Å². The zero-order valence-corrected chi connectivity index (χ0v) is 13.5. The summed E-state index contributed by atoms with van der Waals surface area (Å²) in [5, 5.41) is 3.33. The lowest BCUT2D eigenvalue weighted by molar-refractivity contribution is 0.0893. The van der Waals surface area contributed by atoms with Crippen molar-refractivity contribution in [2.75, 3.05) is 32.1 Å². The fourth-order valence-corrected chi connectivity index (χ4v) is 3.01. The molecule has 0 bridgehead atoms. The molecule has 19 heavy (non-hydrogen) atoms. The maximum absolute atomic E-state index is 5.53. The topological polar surface area (TPSA) is 24.5 Å². The summed E-state index contributed by atoms with van der Waals surface area (Å²) in [6, 6.07) is 6.90. The Morgan fingerprint density at radius 2 is 2.26 bits per heavy atom. The van der Waals surface area contributed by atoms with Crippen molar-refractivity contribution in [2.45, 2.75) is 31.9 Å². The number of hydrogen-bond donors (Lipinski definition) is 1. The van der Waals surface area contributed by atoms with Crippen molar-refractivity contribution < 1.29 is 4.74 Å². The molecule has 1 N–H and O–H groups in total. The van der Waals surface area contributed by atoms with Gasteiger partial charge >= 0.3 is 0 Å². The Bertz CT molecular complexity index is 425. The third kappa shape index (κ3) is 3.50. The van der Waals surface area contributed by atoms with Gasteiger partial charge in [0, 0.05) is 36.4 Å². The Morgan fingerprint density at radius 3 is 2.95 bits per heavy atom. The molecule has 1 aromatic rings. The largest absolute Gasteiger partial charge is 0.380 e. The van der Waals surface area contributed by atoms with Gasteiger partial charge in [-0.2, -0.15) is 0 Å². The molecule has 106 valence electrons. The van der Waals surface area contributed by atoms with Crippen molar-refractivity contribution in [3.63, 3.8) is 0 Å². The van der Waals surface area contributed by atoms with Gasteiger partial charge in [0.2, 0.25) is 0 Å². The van der Waals surface area contributed by atoms with Gasteiger partial charge in [-0.3, -0.25) is 0 Å². The molecule has 2 atom stereocenters. The third-order valence-corrected chi connectivity index (χ3v) is 4.44. The normalized spacial score (nSPS) is 21.5. The van der Waals surface area contributed by atoms with Crippen LogP contribution in [0.1, 0.15) is 31.4 Å². The fourth-order valence-electron chi connectivity index (χ4n) is 2.66. The minimum absolute atomic E-state index is 0.352. The van der Waals surface area contributed by atoms with E-state index >= 15 is 0 Å². The number of rotatable bonds is 4. The lowest BCUT2D eigenvalue weighted by atomic mass is 10.0. The molecule has 1 aliphatic heterocycles. The van der Waals surface area contributed by atoms with E-state index in [1.54, 1.807) is 0 Å². The molecule has 1 fully saturated rings. The van der Waals surface area contributed by atoms with Gasteiger partial charge in [0.1, 0.15) is 0 Å². The van der Waals surface area contributed by atoms with E-state index in [1.165, 1.54) is 17.7 Å². The molecule has 0 saturated carbocycles. The van der Waals surface area contributed by atoms with E-state index in [0.29, 0.717) is 12.1 Å². The highest BCUT2D eigenvalue weighted by Gasteiger charge is 2.22. The van der Waals surface area contributed by atoms with Crippen LogP contribution < -0.4 is 10.2 Å². The Hall–Kier alpha value is -0.580. The van der Waals surface area contributed by atoms with Crippen LogP contribution in [-0.2, 0) is 4.74 Å². The van der Waals surface area contributed by atoms with Crippen molar-refractivity contribution in [1.82, 2.24) is 5.32 Å². The van der Waals surface area contributed by atoms with Crippen molar-refractivity contribution in [2.24, 2.45) is 0 Å². The van der Waals surface area contributed by atoms with Crippen molar-refractivity contribution in [3.8, 4) is 0 Å². The number of nitrogens with zero attached hydrogens (tertiary/aromatic N) is 1. The minimum Gasteiger partial charge on any atom is -0.380 e. The summed E-state index contributed by atoms with van der Waals surface area (Å²) in [6.45, 7) is 4.29. The second-order valence-electron chi connectivity index (χ2n) is 5.16. The number of halogens is 1. The Morgan fingerprint density at radius 1 is 1.47 bits per heavy atom. The molecule has 0 aromatic heterocycles. The molecule has 1 heterocycles. The fraction of sp³-hybridized carbons (Fsp3) is 0.600. The van der Waals surface area contributed by atoms with Crippen LogP contribution in [-0.4, -0.2) is 33.4 Å². The molecule has 0 amide bonds. The van der Waals surface area contributed by atoms with Crippen LogP contribution in [0.4, 0.5) is 5.69 Å². The lowest BCUT2D eigenvalue weighted by Crippen LogP contribution is -2.40. The highest BCUT2D eigenvalue weighted by Crippen LogP contribution is 2.31. The van der Waals surface area contributed by atoms with Gasteiger partial charge in [-0.1, -0.05) is 22.0 Å². The van der Waals surface area contributed by atoms with Gasteiger partial charge < -0.3 is 15.0 Å². The average molecular weight is 327 g/mol. The van der Waals surface area contributed by atoms with Gasteiger partial charge in [0.05, 0.1) is 6.10 Å². The number of hydrogen-bond acceptors (Lipinski definition) is 3. The highest BCUT2D eigenvalue weighted by atomic mass is 79.9. The smallest absolute Gasteiger partial charge is 0.0746 e. The summed E-state index contributed by atoms with van der Waals surface area (Å²) in [6.07, 6.45) is 2.71. The van der Waals surface area contributed by atoms with Crippen LogP contribution in [0, 0.1) is 0 Å². The van der Waals surface area contributed by atoms with Crippen molar-refractivity contribution in [1.29, 1.82) is 0 Å². The molecule has 0 radical (unpaired) electrons. The molecule has 1 saturated heterocycles. The number of anilines is 1. The average Bonchev–Trinajstić information content (AvgIpc) is 2.46. The molecule has 2 rings (SSSR count). The zero-order valence-electron chi connectivity index (χ0n) is 11.9. The molecular weight excluding hydrogens is 304 g/mol. The quantitative estimate of drug-likeness (QED) is 0.918. The van der Waals surface area contributed by atoms with Gasteiger partial charge in [-0.05, 0) is 44.5 Å². The number of nitrogens with one attached hydrogen (secondary N) is 1. The summed E-state index contributed by atoms with van der Waals surface area (Å²) >= 11 is 3.59. The van der Waals surface area contributed by atoms with Crippen LogP contribution in [0.15, 0.2) is 22.7 Å². The monoisotopic (exact) mass is 326 g/mol. The van der Waals surface area contributed by atoms with Gasteiger partial charge in [-0.25, -0.2) is 0 Å². The number of piperidine rings is 1. The van der Waals surface area contributed by atoms with E-state index in [2.05, 4.69) is 51.3 Å². The first kappa shape index (κ1) is 14.8. The summed E-state index contributed by atoms with van der Waals surface area (Å²) < 4.78 is 6.66. The van der Waals surface area contributed by atoms with Gasteiger partial charge in [-0.15, -0.1) is 0 Å². The van der Waals surface area contributed by atoms with E-state index < -0.39 is 0 Å². The molecule has 0 aliphatic carbocycles. The first-order valence-electron chi connectivity index (χ1n) is 6.90. The van der Waals surface area contributed by atoms with E-state index in [9.17, 15) is 0 Å². The number of benzene rings is 1. The minimum atomic E-state index is 0.352. The Kier molecular flexibility index (Phi) is 5.25. The Labute approximate surface area is 124 Å². The molecule has 0 spiro atoms. The zero-order chi connectivity index (χ0) is 13.8. The molecule has 1 aliphatic rings. The standard InChI is InChI=1S/C15H23BrN2O/c1-11(17-2)14-7-6-12(16)9-15(14)18-8-4-5-13(10-18)19-3/h6-7,9,11,13,17H,4-5,8,10H2,1-3H3. The van der Waals surface area contributed by atoms with E-state index in [1.807, 2.05) is 14.2 Å². The lowest BCUT2D eigenvalue weighted by Gasteiger charge is -2.35. The summed E-state index contributed by atoms with van der Waals surface area (Å²) in [5.41, 5.74) is 2.67. The number of ether oxygens (including phenoxy) is 1. The van der Waals surface area contributed by atoms with Gasteiger partial charge in [0.25, 0.3) is 0 Å². The second-order valence-corrected chi connectivity index (χ2v) is 6.08. The van der Waals surface area contributed by atoms with Crippen LogP contribution in [0.5, 0.6) is 0 Å². The summed E-state index contributed by atoms with van der Waals surface area (Å²) in [7, 11) is 3.82. The summed E-state index contributed by atoms with van der Waals surface area (Å²) in [4.78, 5) is 2.45. The maximum atomic E-state index is 5.53. The number of methoxy groups -OCH3 is 1. The summed E-state index contributed by atoms with van der Waals surface area (Å²) in [5.74, 6) is 0. The van der Waals surface area contributed by atoms with Crippen LogP contribution in [0.25, 0.3) is 0 Å². The van der Waals surface area contributed by atoms with E-state index in [0.717, 1.165) is 24.0 Å². The highest BCUT2D eigenvalue weighted by molar-refractivity contribution is 9.10. The second kappa shape index (κ2) is 6.73. The predicted octanol–water partition coefficient (Wildman–Crippen LogP) is 3.34. The van der Waals surface area contributed by atoms with Crippen LogP contribution >= 0.6 is 15.9 Å². The van der Waals surface area contributed by atoms with Crippen LogP contribution in [0.3, 0.4) is 0 Å². The van der Waals surface area contributed by atoms with E-state index in [-0.39, 0.29) is 0 Å². The molecule has 2 unspecified atom stereocenters. The Balaban J connectivity index is 2.28.